The highest BCUT2D eigenvalue weighted by Crippen LogP contribution is 2.50. The first-order chi connectivity index (χ1) is 24.1. The van der Waals surface area contributed by atoms with E-state index in [2.05, 4.69) is 90.1 Å². The molecule has 4 heteroatoms. The molecule has 0 bridgehead atoms. The van der Waals surface area contributed by atoms with Crippen molar-refractivity contribution in [1.29, 1.82) is 0 Å². The molecule has 0 heterocycles. The quantitative estimate of drug-likeness (QED) is 0.154. The third-order valence-electron chi connectivity index (χ3n) is 10.3. The Kier molecular flexibility index (Phi) is 9.74. The van der Waals surface area contributed by atoms with E-state index in [0.717, 1.165) is 45.3 Å². The van der Waals surface area contributed by atoms with E-state index < -0.39 is 0 Å². The lowest BCUT2D eigenvalue weighted by Gasteiger charge is -2.28. The van der Waals surface area contributed by atoms with Crippen LogP contribution in [0, 0.1) is 41.5 Å². The standard InChI is InChI=1S/C46H46O4/c1-27-41(33-11-19-37(47-7)20-12-33)29(3)45(30(4)42(27)34-13-21-38(48-8)22-14-34)46-31(5)43(35-15-23-39(49-9)24-16-35)28(2)44(32(46)6)36-17-25-40(50-10)26-18-36/h11-26H,1-10H3. The summed E-state index contributed by atoms with van der Waals surface area (Å²) in [4.78, 5) is 0. The smallest absolute Gasteiger partial charge is 0.118 e. The zero-order valence-corrected chi connectivity index (χ0v) is 30.9. The molecule has 0 aliphatic heterocycles. The summed E-state index contributed by atoms with van der Waals surface area (Å²) in [5, 5.41) is 0. The van der Waals surface area contributed by atoms with Crippen molar-refractivity contribution in [3.8, 4) is 78.6 Å². The molecular formula is C46H46O4. The summed E-state index contributed by atoms with van der Waals surface area (Å²) in [7, 11) is 6.84. The number of ether oxygens (including phenoxy) is 4. The average Bonchev–Trinajstić information content (AvgIpc) is 3.14. The van der Waals surface area contributed by atoms with Crippen molar-refractivity contribution in [2.75, 3.05) is 28.4 Å². The highest BCUT2D eigenvalue weighted by atomic mass is 16.5. The monoisotopic (exact) mass is 662 g/mol. The Morgan fingerprint density at radius 1 is 0.240 bits per heavy atom. The second-order valence-corrected chi connectivity index (χ2v) is 12.9. The Bertz CT molecular complexity index is 1850. The topological polar surface area (TPSA) is 36.9 Å². The number of hydrogen-bond acceptors (Lipinski definition) is 4. The van der Waals surface area contributed by atoms with Gasteiger partial charge in [-0.3, -0.25) is 0 Å². The summed E-state index contributed by atoms with van der Waals surface area (Å²) in [5.74, 6) is 3.35. The van der Waals surface area contributed by atoms with Gasteiger partial charge in [0, 0.05) is 0 Å². The largest absolute Gasteiger partial charge is 0.497 e. The van der Waals surface area contributed by atoms with E-state index in [-0.39, 0.29) is 0 Å². The van der Waals surface area contributed by atoms with E-state index >= 15 is 0 Å². The minimum Gasteiger partial charge on any atom is -0.497 e. The Balaban J connectivity index is 1.76. The van der Waals surface area contributed by atoms with Gasteiger partial charge in [-0.15, -0.1) is 0 Å². The highest BCUT2D eigenvalue weighted by Gasteiger charge is 2.27. The third kappa shape index (κ3) is 6.00. The minimum absolute atomic E-state index is 0.838. The molecule has 6 aromatic carbocycles. The predicted octanol–water partition coefficient (Wildman–Crippen LogP) is 11.9. The van der Waals surface area contributed by atoms with Gasteiger partial charge in [-0.2, -0.15) is 0 Å². The molecule has 0 radical (unpaired) electrons. The van der Waals surface area contributed by atoms with Crippen molar-refractivity contribution in [3.05, 3.63) is 130 Å². The molecule has 0 saturated heterocycles. The SMILES string of the molecule is COc1ccc(-c2c(C)c(-c3ccc(OC)cc3)c(C)c(-c3c(C)c(-c4ccc(OC)cc4)c(C)c(-c4ccc(OC)cc4)c3C)c2C)cc1. The van der Waals surface area contributed by atoms with Crippen molar-refractivity contribution in [2.45, 2.75) is 41.5 Å². The Hall–Kier alpha value is -5.48. The number of methoxy groups -OCH3 is 4. The van der Waals surface area contributed by atoms with Crippen LogP contribution < -0.4 is 18.9 Å². The second kappa shape index (κ2) is 14.2. The molecule has 0 amide bonds. The fourth-order valence-corrected chi connectivity index (χ4v) is 7.95. The number of rotatable bonds is 9. The number of hydrogen-bond donors (Lipinski definition) is 0. The third-order valence-corrected chi connectivity index (χ3v) is 10.3. The first-order valence-corrected chi connectivity index (χ1v) is 17.0. The lowest BCUT2D eigenvalue weighted by atomic mass is 9.75. The van der Waals surface area contributed by atoms with Crippen LogP contribution in [0.3, 0.4) is 0 Å². The van der Waals surface area contributed by atoms with Gasteiger partial charge in [-0.05, 0) is 179 Å². The molecule has 0 spiro atoms. The predicted molar refractivity (Wildman–Crippen MR) is 208 cm³/mol. The van der Waals surface area contributed by atoms with E-state index in [4.69, 9.17) is 18.9 Å². The summed E-state index contributed by atoms with van der Waals surface area (Å²) < 4.78 is 22.2. The zero-order valence-electron chi connectivity index (χ0n) is 30.9. The van der Waals surface area contributed by atoms with E-state index in [0.29, 0.717) is 0 Å². The van der Waals surface area contributed by atoms with Gasteiger partial charge in [0.15, 0.2) is 0 Å². The second-order valence-electron chi connectivity index (χ2n) is 12.9. The molecule has 0 aliphatic rings. The summed E-state index contributed by atoms with van der Waals surface area (Å²) in [6.07, 6.45) is 0. The van der Waals surface area contributed by atoms with Crippen LogP contribution in [0.4, 0.5) is 0 Å². The van der Waals surface area contributed by atoms with Gasteiger partial charge in [0.25, 0.3) is 0 Å². The van der Waals surface area contributed by atoms with Crippen LogP contribution in [0.1, 0.15) is 33.4 Å². The lowest BCUT2D eigenvalue weighted by Crippen LogP contribution is -2.06. The zero-order chi connectivity index (χ0) is 35.7. The molecule has 0 aromatic heterocycles. The fraction of sp³-hybridized carbons (Fsp3) is 0.217. The minimum atomic E-state index is 0.838. The van der Waals surface area contributed by atoms with Crippen LogP contribution in [0.25, 0.3) is 55.6 Å². The van der Waals surface area contributed by atoms with Crippen LogP contribution >= 0.6 is 0 Å². The molecule has 0 unspecified atom stereocenters. The van der Waals surface area contributed by atoms with Gasteiger partial charge in [-0.25, -0.2) is 0 Å². The Morgan fingerprint density at radius 2 is 0.400 bits per heavy atom. The maximum atomic E-state index is 5.55. The summed E-state index contributed by atoms with van der Waals surface area (Å²) in [6.45, 7) is 13.6. The molecule has 0 aliphatic carbocycles. The van der Waals surface area contributed by atoms with Crippen molar-refractivity contribution < 1.29 is 18.9 Å². The van der Waals surface area contributed by atoms with Crippen molar-refractivity contribution >= 4 is 0 Å². The van der Waals surface area contributed by atoms with Crippen LogP contribution in [-0.4, -0.2) is 28.4 Å². The molecule has 0 atom stereocenters. The molecule has 4 nitrogen and oxygen atoms in total. The normalized spacial score (nSPS) is 11.0. The lowest BCUT2D eigenvalue weighted by molar-refractivity contribution is 0.415. The summed E-state index contributed by atoms with van der Waals surface area (Å²) >= 11 is 0. The Morgan fingerprint density at radius 3 is 0.560 bits per heavy atom. The molecule has 254 valence electrons. The Labute approximate surface area is 297 Å². The van der Waals surface area contributed by atoms with Gasteiger partial charge in [0.05, 0.1) is 28.4 Å². The van der Waals surface area contributed by atoms with Crippen molar-refractivity contribution in [1.82, 2.24) is 0 Å². The van der Waals surface area contributed by atoms with E-state index in [1.54, 1.807) is 28.4 Å². The summed E-state index contributed by atoms with van der Waals surface area (Å²) in [6, 6.07) is 33.8. The van der Waals surface area contributed by atoms with E-state index in [1.807, 2.05) is 48.5 Å². The number of benzene rings is 6. The van der Waals surface area contributed by atoms with Gasteiger partial charge in [-0.1, -0.05) is 48.5 Å². The highest BCUT2D eigenvalue weighted by molar-refractivity contribution is 5.98. The van der Waals surface area contributed by atoms with E-state index in [9.17, 15) is 0 Å². The van der Waals surface area contributed by atoms with Crippen LogP contribution in [0.2, 0.25) is 0 Å². The van der Waals surface area contributed by atoms with Gasteiger partial charge in [0.2, 0.25) is 0 Å². The molecule has 6 aromatic rings. The maximum absolute atomic E-state index is 5.55. The molecule has 0 N–H and O–H groups in total. The average molecular weight is 663 g/mol. The van der Waals surface area contributed by atoms with E-state index in [1.165, 1.54) is 66.8 Å². The fourth-order valence-electron chi connectivity index (χ4n) is 7.95. The maximum Gasteiger partial charge on any atom is 0.118 e. The van der Waals surface area contributed by atoms with Crippen molar-refractivity contribution in [2.24, 2.45) is 0 Å². The molecular weight excluding hydrogens is 617 g/mol. The van der Waals surface area contributed by atoms with Crippen LogP contribution in [0.15, 0.2) is 97.1 Å². The van der Waals surface area contributed by atoms with Gasteiger partial charge in [0.1, 0.15) is 23.0 Å². The van der Waals surface area contributed by atoms with Crippen LogP contribution in [0.5, 0.6) is 23.0 Å². The first kappa shape index (κ1) is 34.4. The molecule has 0 saturated carbocycles. The first-order valence-electron chi connectivity index (χ1n) is 17.0. The summed E-state index contributed by atoms with van der Waals surface area (Å²) in [5.41, 5.74) is 19.6. The molecule has 6 rings (SSSR count). The molecule has 50 heavy (non-hydrogen) atoms. The van der Waals surface area contributed by atoms with Crippen LogP contribution in [-0.2, 0) is 0 Å². The molecule has 0 fully saturated rings. The van der Waals surface area contributed by atoms with Gasteiger partial charge < -0.3 is 18.9 Å². The van der Waals surface area contributed by atoms with Gasteiger partial charge >= 0.3 is 0 Å². The van der Waals surface area contributed by atoms with Crippen molar-refractivity contribution in [3.63, 3.8) is 0 Å².